The van der Waals surface area contributed by atoms with Crippen LogP contribution in [-0.4, -0.2) is 13.0 Å². The van der Waals surface area contributed by atoms with Crippen LogP contribution in [0.2, 0.25) is 0 Å². The number of hydrogen-bond acceptors (Lipinski definition) is 2. The van der Waals surface area contributed by atoms with Gasteiger partial charge in [-0.25, -0.2) is 0 Å². The minimum Gasteiger partial charge on any atom is -0.497 e. The molecule has 0 bridgehead atoms. The van der Waals surface area contributed by atoms with Crippen LogP contribution in [0.3, 0.4) is 0 Å². The summed E-state index contributed by atoms with van der Waals surface area (Å²) >= 11 is 0. The fraction of sp³-hybridized carbons (Fsp3) is 0.316. The largest absolute Gasteiger partial charge is 0.497 e. The Balaban J connectivity index is 2.14. The van der Waals surface area contributed by atoms with Crippen LogP contribution in [0.4, 0.5) is 0 Å². The van der Waals surface area contributed by atoms with E-state index < -0.39 is 0 Å². The highest BCUT2D eigenvalue weighted by atomic mass is 16.5. The van der Waals surface area contributed by atoms with Crippen LogP contribution in [0.15, 0.2) is 42.5 Å². The Morgan fingerprint density at radius 1 is 1.09 bits per heavy atom. The number of aryl methyl sites for hydroxylation is 2. The molecule has 3 nitrogen and oxygen atoms in total. The predicted octanol–water partition coefficient (Wildman–Crippen LogP) is 4.19. The smallest absolute Gasteiger partial charge is 0.251 e. The number of carbonyl (C=O) groups excluding carboxylic acids is 1. The molecule has 0 aliphatic carbocycles. The molecule has 0 aliphatic heterocycles. The van der Waals surface area contributed by atoms with Gasteiger partial charge < -0.3 is 10.1 Å². The maximum Gasteiger partial charge on any atom is 0.251 e. The standard InChI is InChI=1S/C19H23NO2/c1-5-18(16-7-6-13(2)14(3)12-16)20-19(21)15-8-10-17(22-4)11-9-15/h6-12,18H,5H2,1-4H3,(H,20,21). The van der Waals surface area contributed by atoms with E-state index in [2.05, 4.69) is 44.3 Å². The van der Waals surface area contributed by atoms with Gasteiger partial charge in [0.25, 0.3) is 5.91 Å². The van der Waals surface area contributed by atoms with E-state index in [9.17, 15) is 4.79 Å². The van der Waals surface area contributed by atoms with Crippen LogP contribution < -0.4 is 10.1 Å². The molecule has 0 aliphatic rings. The second-order valence-electron chi connectivity index (χ2n) is 5.51. The highest BCUT2D eigenvalue weighted by Crippen LogP contribution is 2.21. The fourth-order valence-corrected chi connectivity index (χ4v) is 2.39. The summed E-state index contributed by atoms with van der Waals surface area (Å²) in [6.45, 7) is 6.26. The molecule has 0 aromatic heterocycles. The summed E-state index contributed by atoms with van der Waals surface area (Å²) in [4.78, 5) is 12.4. The van der Waals surface area contributed by atoms with Crippen molar-refractivity contribution in [1.29, 1.82) is 0 Å². The molecule has 1 unspecified atom stereocenters. The highest BCUT2D eigenvalue weighted by molar-refractivity contribution is 5.94. The van der Waals surface area contributed by atoms with Crippen LogP contribution in [-0.2, 0) is 0 Å². The van der Waals surface area contributed by atoms with Crippen LogP contribution in [0.1, 0.15) is 46.4 Å². The van der Waals surface area contributed by atoms with Crippen molar-refractivity contribution < 1.29 is 9.53 Å². The summed E-state index contributed by atoms with van der Waals surface area (Å²) in [5.41, 5.74) is 4.30. The average Bonchev–Trinajstić information content (AvgIpc) is 2.55. The van der Waals surface area contributed by atoms with E-state index in [4.69, 9.17) is 4.74 Å². The van der Waals surface area contributed by atoms with Gasteiger partial charge in [0.15, 0.2) is 0 Å². The molecule has 0 radical (unpaired) electrons. The van der Waals surface area contributed by atoms with E-state index >= 15 is 0 Å². The minimum absolute atomic E-state index is 0.0221. The molecule has 1 atom stereocenters. The molecule has 0 saturated carbocycles. The molecular weight excluding hydrogens is 274 g/mol. The molecule has 1 amide bonds. The number of carbonyl (C=O) groups is 1. The lowest BCUT2D eigenvalue weighted by Crippen LogP contribution is -2.28. The van der Waals surface area contributed by atoms with Crippen LogP contribution >= 0.6 is 0 Å². The lowest BCUT2D eigenvalue weighted by atomic mass is 9.99. The third-order valence-electron chi connectivity index (χ3n) is 4.00. The molecule has 0 saturated heterocycles. The zero-order valence-electron chi connectivity index (χ0n) is 13.6. The van der Waals surface area contributed by atoms with Crippen LogP contribution in [0.25, 0.3) is 0 Å². The Hall–Kier alpha value is -2.29. The second-order valence-corrected chi connectivity index (χ2v) is 5.51. The van der Waals surface area contributed by atoms with Crippen molar-refractivity contribution in [2.24, 2.45) is 0 Å². The van der Waals surface area contributed by atoms with E-state index in [0.717, 1.165) is 17.7 Å². The summed E-state index contributed by atoms with van der Waals surface area (Å²) in [5, 5.41) is 3.10. The number of amides is 1. The van der Waals surface area contributed by atoms with Gasteiger partial charge in [0.1, 0.15) is 5.75 Å². The number of benzene rings is 2. The van der Waals surface area contributed by atoms with Gasteiger partial charge in [-0.15, -0.1) is 0 Å². The Morgan fingerprint density at radius 3 is 2.32 bits per heavy atom. The quantitative estimate of drug-likeness (QED) is 0.898. The van der Waals surface area contributed by atoms with Gasteiger partial charge in [-0.2, -0.15) is 0 Å². The average molecular weight is 297 g/mol. The zero-order valence-corrected chi connectivity index (χ0v) is 13.6. The van der Waals surface area contributed by atoms with Crippen molar-refractivity contribution in [2.45, 2.75) is 33.2 Å². The van der Waals surface area contributed by atoms with Crippen molar-refractivity contribution in [3.8, 4) is 5.75 Å². The first-order valence-electron chi connectivity index (χ1n) is 7.57. The van der Waals surface area contributed by atoms with E-state index in [0.29, 0.717) is 5.56 Å². The van der Waals surface area contributed by atoms with Crippen molar-refractivity contribution in [3.05, 3.63) is 64.7 Å². The van der Waals surface area contributed by atoms with Gasteiger partial charge in [0.2, 0.25) is 0 Å². The Kier molecular flexibility index (Phi) is 5.21. The zero-order chi connectivity index (χ0) is 16.1. The molecular formula is C19H23NO2. The lowest BCUT2D eigenvalue weighted by Gasteiger charge is -2.19. The van der Waals surface area contributed by atoms with E-state index in [1.807, 2.05) is 0 Å². The van der Waals surface area contributed by atoms with Gasteiger partial charge in [0.05, 0.1) is 13.2 Å². The molecule has 2 aromatic rings. The number of ether oxygens (including phenoxy) is 1. The summed E-state index contributed by atoms with van der Waals surface area (Å²) in [6.07, 6.45) is 0.852. The Bertz CT molecular complexity index is 647. The third-order valence-corrected chi connectivity index (χ3v) is 4.00. The Labute approximate surface area is 132 Å². The van der Waals surface area contributed by atoms with Crippen molar-refractivity contribution in [2.75, 3.05) is 7.11 Å². The fourth-order valence-electron chi connectivity index (χ4n) is 2.39. The van der Waals surface area contributed by atoms with Crippen molar-refractivity contribution in [3.63, 3.8) is 0 Å². The lowest BCUT2D eigenvalue weighted by molar-refractivity contribution is 0.0935. The predicted molar refractivity (Wildman–Crippen MR) is 89.4 cm³/mol. The SMILES string of the molecule is CCC(NC(=O)c1ccc(OC)cc1)c1ccc(C)c(C)c1. The number of rotatable bonds is 5. The van der Waals surface area contributed by atoms with Gasteiger partial charge in [0, 0.05) is 5.56 Å². The van der Waals surface area contributed by atoms with Gasteiger partial charge in [-0.3, -0.25) is 4.79 Å². The molecule has 3 heteroatoms. The molecule has 0 spiro atoms. The summed E-state index contributed by atoms with van der Waals surface area (Å²) in [7, 11) is 1.61. The van der Waals surface area contributed by atoms with Gasteiger partial charge >= 0.3 is 0 Å². The van der Waals surface area contributed by atoms with Gasteiger partial charge in [-0.1, -0.05) is 25.1 Å². The summed E-state index contributed by atoms with van der Waals surface area (Å²) in [5.74, 6) is 0.686. The summed E-state index contributed by atoms with van der Waals surface area (Å²) < 4.78 is 5.11. The minimum atomic E-state index is -0.0623. The first-order chi connectivity index (χ1) is 10.5. The summed E-state index contributed by atoms with van der Waals surface area (Å²) in [6, 6.07) is 13.5. The molecule has 0 heterocycles. The normalized spacial score (nSPS) is 11.8. The molecule has 1 N–H and O–H groups in total. The Morgan fingerprint density at radius 2 is 1.77 bits per heavy atom. The van der Waals surface area contributed by atoms with Crippen LogP contribution in [0, 0.1) is 13.8 Å². The molecule has 2 rings (SSSR count). The van der Waals surface area contributed by atoms with Crippen LogP contribution in [0.5, 0.6) is 5.75 Å². The van der Waals surface area contributed by atoms with Gasteiger partial charge in [-0.05, 0) is 61.2 Å². The van der Waals surface area contributed by atoms with Crippen molar-refractivity contribution in [1.82, 2.24) is 5.32 Å². The van der Waals surface area contributed by atoms with E-state index in [1.54, 1.807) is 31.4 Å². The first kappa shape index (κ1) is 16.1. The number of hydrogen-bond donors (Lipinski definition) is 1. The molecule has 116 valence electrons. The second kappa shape index (κ2) is 7.12. The molecule has 2 aromatic carbocycles. The highest BCUT2D eigenvalue weighted by Gasteiger charge is 2.14. The first-order valence-corrected chi connectivity index (χ1v) is 7.57. The van der Waals surface area contributed by atoms with Crippen molar-refractivity contribution >= 4 is 5.91 Å². The maximum absolute atomic E-state index is 12.4. The maximum atomic E-state index is 12.4. The third kappa shape index (κ3) is 3.67. The monoisotopic (exact) mass is 297 g/mol. The molecule has 22 heavy (non-hydrogen) atoms. The molecule has 0 fully saturated rings. The number of methoxy groups -OCH3 is 1. The van der Waals surface area contributed by atoms with E-state index in [-0.39, 0.29) is 11.9 Å². The number of nitrogens with one attached hydrogen (secondary N) is 1. The topological polar surface area (TPSA) is 38.3 Å². The van der Waals surface area contributed by atoms with E-state index in [1.165, 1.54) is 11.1 Å².